The highest BCUT2D eigenvalue weighted by Crippen LogP contribution is 2.58. The number of fused-ring (bicyclic) bond motifs is 7. The van der Waals surface area contributed by atoms with Crippen molar-refractivity contribution in [2.75, 3.05) is 4.90 Å². The van der Waals surface area contributed by atoms with E-state index in [0.717, 1.165) is 50.8 Å². The molecule has 0 saturated carbocycles. The number of benzene rings is 12. The highest BCUT2D eigenvalue weighted by Gasteiger charge is 2.46. The lowest BCUT2D eigenvalue weighted by atomic mass is 9.67. The van der Waals surface area contributed by atoms with Crippen molar-refractivity contribution in [1.29, 1.82) is 0 Å². The van der Waals surface area contributed by atoms with Gasteiger partial charge in [-0.25, -0.2) is 0 Å². The van der Waals surface area contributed by atoms with E-state index in [1.807, 2.05) is 30.3 Å². The average Bonchev–Trinajstić information content (AvgIpc) is 4.18. The summed E-state index contributed by atoms with van der Waals surface area (Å²) in [6.07, 6.45) is 1.85. The van der Waals surface area contributed by atoms with Crippen molar-refractivity contribution in [3.8, 4) is 50.6 Å². The van der Waals surface area contributed by atoms with Crippen LogP contribution in [0.2, 0.25) is 0 Å². The molecule has 1 aliphatic rings. The maximum Gasteiger partial charge on any atom is 0.127 e. The molecule has 358 valence electrons. The Morgan fingerprint density at radius 2 is 0.921 bits per heavy atom. The lowest BCUT2D eigenvalue weighted by Crippen LogP contribution is -2.28. The molecule has 1 aromatic heterocycles. The number of hydrogen-bond donors (Lipinski definition) is 0. The molecular weight excluding hydrogens is 921 g/mol. The summed E-state index contributed by atoms with van der Waals surface area (Å²) in [5.41, 5.74) is 19.2. The lowest BCUT2D eigenvalue weighted by molar-refractivity contribution is 0.482. The Hall–Kier alpha value is -9.96. The van der Waals surface area contributed by atoms with Gasteiger partial charge in [0.2, 0.25) is 0 Å². The van der Waals surface area contributed by atoms with Gasteiger partial charge < -0.3 is 14.2 Å². The molecule has 0 N–H and O–H groups in total. The van der Waals surface area contributed by atoms with Crippen molar-refractivity contribution >= 4 is 55.7 Å². The maximum absolute atomic E-state index is 6.44. The summed E-state index contributed by atoms with van der Waals surface area (Å²) in [4.78, 5) is 2.46. The minimum absolute atomic E-state index is 0.648. The number of aromatic nitrogens is 1. The Balaban J connectivity index is 0.953. The van der Waals surface area contributed by atoms with Crippen LogP contribution in [-0.4, -0.2) is 4.57 Å². The third kappa shape index (κ3) is 7.35. The maximum atomic E-state index is 6.44. The molecule has 1 unspecified atom stereocenters. The monoisotopic (exact) mass is 970 g/mol. The van der Waals surface area contributed by atoms with E-state index in [2.05, 4.69) is 277 Å². The Bertz CT molecular complexity index is 4290. The van der Waals surface area contributed by atoms with Crippen LogP contribution in [0.5, 0.6) is 11.5 Å². The first-order valence-corrected chi connectivity index (χ1v) is 26.0. The van der Waals surface area contributed by atoms with Crippen LogP contribution in [0.3, 0.4) is 0 Å². The molecule has 14 rings (SSSR count). The summed E-state index contributed by atoms with van der Waals surface area (Å²) >= 11 is 0. The average molecular weight is 971 g/mol. The molecule has 0 aliphatic heterocycles. The van der Waals surface area contributed by atoms with E-state index in [9.17, 15) is 0 Å². The fourth-order valence-electron chi connectivity index (χ4n) is 12.1. The number of nitrogens with zero attached hydrogens (tertiary/aromatic N) is 2. The largest absolute Gasteiger partial charge is 0.457 e. The summed E-state index contributed by atoms with van der Waals surface area (Å²) in [5, 5.41) is 4.81. The highest BCUT2D eigenvalue weighted by atomic mass is 16.5. The van der Waals surface area contributed by atoms with Crippen molar-refractivity contribution in [1.82, 2.24) is 4.57 Å². The normalized spacial score (nSPS) is 13.6. The molecule has 3 heteroatoms. The third-order valence-corrected chi connectivity index (χ3v) is 15.5. The molecule has 0 fully saturated rings. The number of hydrogen-bond acceptors (Lipinski definition) is 2. The van der Waals surface area contributed by atoms with Crippen molar-refractivity contribution < 1.29 is 4.74 Å². The summed E-state index contributed by atoms with van der Waals surface area (Å²) in [5.74, 6) is 1.56. The predicted molar refractivity (Wildman–Crippen MR) is 318 cm³/mol. The van der Waals surface area contributed by atoms with E-state index in [-0.39, 0.29) is 0 Å². The Kier molecular flexibility index (Phi) is 10.9. The number of para-hydroxylation sites is 2. The van der Waals surface area contributed by atoms with Crippen molar-refractivity contribution in [2.24, 2.45) is 0 Å². The number of anilines is 3. The van der Waals surface area contributed by atoms with Gasteiger partial charge in [-0.3, -0.25) is 0 Å². The molecule has 0 radical (unpaired) electrons. The molecule has 76 heavy (non-hydrogen) atoms. The SMILES string of the molecule is C=Cc1ccc(Oc2ccc(C3(c4ccccc4)c4ccccc4-c4ccc(N(c5ccc(-c6ccccc6)cc5)c5ccc(-c6ccc7c(c6)c6ccccc6n7-c6ccccc6)c6ccccc56)cc43)cc2)cc1. The quantitative estimate of drug-likeness (QED) is 0.129. The van der Waals surface area contributed by atoms with Gasteiger partial charge in [-0.15, -0.1) is 0 Å². The number of rotatable bonds is 11. The molecule has 0 amide bonds. The molecule has 1 heterocycles. The second-order valence-electron chi connectivity index (χ2n) is 19.6. The fourth-order valence-corrected chi connectivity index (χ4v) is 12.1. The standard InChI is InChI=1S/C73H50N2O/c1-2-50-30-40-59(41-31-50)76-60-42-35-55(36-43-60)73(54-20-8-4-9-21-54)68-28-16-14-25-63(68)64-44-39-58(49-69(64)73)74(57-37-32-52(33-38-57)51-18-6-3-7-19-51)71-47-45-61(62-24-12-13-26-65(62)71)53-34-46-72-67(48-53)66-27-15-17-29-70(66)75(72)56-22-10-5-11-23-56/h2-49H,1H2. The minimum Gasteiger partial charge on any atom is -0.457 e. The van der Waals surface area contributed by atoms with Crippen LogP contribution in [0.1, 0.15) is 27.8 Å². The first kappa shape index (κ1) is 44.7. The van der Waals surface area contributed by atoms with Crippen molar-refractivity contribution in [3.63, 3.8) is 0 Å². The van der Waals surface area contributed by atoms with Gasteiger partial charge in [-0.1, -0.05) is 213 Å². The summed E-state index contributed by atoms with van der Waals surface area (Å²) < 4.78 is 8.82. The van der Waals surface area contributed by atoms with E-state index in [4.69, 9.17) is 4.74 Å². The van der Waals surface area contributed by atoms with Crippen LogP contribution in [0.4, 0.5) is 17.1 Å². The van der Waals surface area contributed by atoms with Crippen molar-refractivity contribution in [3.05, 3.63) is 320 Å². The van der Waals surface area contributed by atoms with E-state index >= 15 is 0 Å². The predicted octanol–water partition coefficient (Wildman–Crippen LogP) is 19.5. The molecular formula is C73H50N2O. The second-order valence-corrected chi connectivity index (χ2v) is 19.6. The molecule has 1 aliphatic carbocycles. The van der Waals surface area contributed by atoms with Crippen LogP contribution >= 0.6 is 0 Å². The van der Waals surface area contributed by atoms with Crippen LogP contribution in [0.25, 0.3) is 77.7 Å². The molecule has 13 aromatic rings. The van der Waals surface area contributed by atoms with Gasteiger partial charge >= 0.3 is 0 Å². The molecule has 0 saturated heterocycles. The number of ether oxygens (including phenoxy) is 1. The third-order valence-electron chi connectivity index (χ3n) is 15.5. The lowest BCUT2D eigenvalue weighted by Gasteiger charge is -2.35. The first-order valence-electron chi connectivity index (χ1n) is 26.0. The smallest absolute Gasteiger partial charge is 0.127 e. The van der Waals surface area contributed by atoms with Gasteiger partial charge in [0, 0.05) is 33.2 Å². The van der Waals surface area contributed by atoms with Crippen molar-refractivity contribution in [2.45, 2.75) is 5.41 Å². The van der Waals surface area contributed by atoms with Gasteiger partial charge in [0.15, 0.2) is 0 Å². The molecule has 0 spiro atoms. The van der Waals surface area contributed by atoms with E-state index in [1.54, 1.807) is 0 Å². The van der Waals surface area contributed by atoms with Gasteiger partial charge in [0.1, 0.15) is 11.5 Å². The van der Waals surface area contributed by atoms with Gasteiger partial charge in [0.25, 0.3) is 0 Å². The summed E-state index contributed by atoms with van der Waals surface area (Å²) in [6.45, 7) is 3.92. The Morgan fingerprint density at radius 3 is 1.67 bits per heavy atom. The molecule has 3 nitrogen and oxygen atoms in total. The Labute approximate surface area is 443 Å². The molecule has 0 bridgehead atoms. The zero-order valence-corrected chi connectivity index (χ0v) is 41.7. The zero-order chi connectivity index (χ0) is 50.6. The summed E-state index contributed by atoms with van der Waals surface area (Å²) in [6, 6.07) is 104. The van der Waals surface area contributed by atoms with Gasteiger partial charge in [-0.05, 0) is 152 Å². The zero-order valence-electron chi connectivity index (χ0n) is 41.7. The fraction of sp³-hybridized carbons (Fsp3) is 0.0137. The minimum atomic E-state index is -0.648. The van der Waals surface area contributed by atoms with Crippen LogP contribution in [0.15, 0.2) is 292 Å². The van der Waals surface area contributed by atoms with E-state index in [1.165, 1.54) is 77.3 Å². The van der Waals surface area contributed by atoms with Crippen LogP contribution in [-0.2, 0) is 5.41 Å². The first-order chi connectivity index (χ1) is 37.6. The topological polar surface area (TPSA) is 17.4 Å². The van der Waals surface area contributed by atoms with Crippen LogP contribution in [0, 0.1) is 0 Å². The van der Waals surface area contributed by atoms with Crippen LogP contribution < -0.4 is 9.64 Å². The van der Waals surface area contributed by atoms with Gasteiger partial charge in [0.05, 0.1) is 22.1 Å². The molecule has 12 aromatic carbocycles. The Morgan fingerprint density at radius 1 is 0.368 bits per heavy atom. The van der Waals surface area contributed by atoms with E-state index < -0.39 is 5.41 Å². The second kappa shape index (κ2) is 18.5. The van der Waals surface area contributed by atoms with Gasteiger partial charge in [-0.2, -0.15) is 0 Å². The molecule has 1 atom stereocenters. The van der Waals surface area contributed by atoms with E-state index in [0.29, 0.717) is 0 Å². The summed E-state index contributed by atoms with van der Waals surface area (Å²) in [7, 11) is 0. The highest BCUT2D eigenvalue weighted by molar-refractivity contribution is 6.12.